The van der Waals surface area contributed by atoms with Gasteiger partial charge < -0.3 is 9.73 Å². The van der Waals surface area contributed by atoms with Gasteiger partial charge in [-0.25, -0.2) is 13.1 Å². The predicted molar refractivity (Wildman–Crippen MR) is 79.3 cm³/mol. The molecule has 2 heterocycles. The van der Waals surface area contributed by atoms with Gasteiger partial charge in [0.15, 0.2) is 0 Å². The van der Waals surface area contributed by atoms with E-state index in [1.165, 1.54) is 11.3 Å². The third-order valence-electron chi connectivity index (χ3n) is 2.83. The Morgan fingerprint density at radius 2 is 2.00 bits per heavy atom. The fourth-order valence-electron chi connectivity index (χ4n) is 1.77. The van der Waals surface area contributed by atoms with Crippen LogP contribution in [0, 0.1) is 13.8 Å². The lowest BCUT2D eigenvalue weighted by Gasteiger charge is -2.02. The molecule has 0 radical (unpaired) electrons. The average Bonchev–Trinajstić information content (AvgIpc) is 2.95. The normalized spacial score (nSPS) is 11.9. The second-order valence-electron chi connectivity index (χ2n) is 4.54. The molecule has 5 nitrogen and oxygen atoms in total. The van der Waals surface area contributed by atoms with Crippen LogP contribution in [-0.4, -0.2) is 15.5 Å². The quantitative estimate of drug-likeness (QED) is 0.857. The molecule has 2 N–H and O–H groups in total. The van der Waals surface area contributed by atoms with Gasteiger partial charge in [-0.2, -0.15) is 0 Å². The van der Waals surface area contributed by atoms with Gasteiger partial charge in [0.25, 0.3) is 0 Å². The van der Waals surface area contributed by atoms with Crippen LogP contribution in [0.3, 0.4) is 0 Å². The SMILES string of the molecule is CNCc1sc(S(=O)(=O)NCc2ccc(C)o2)cc1C. The monoisotopic (exact) mass is 314 g/mol. The summed E-state index contributed by atoms with van der Waals surface area (Å²) >= 11 is 1.29. The molecule has 2 aromatic heterocycles. The molecule has 0 fully saturated rings. The minimum Gasteiger partial charge on any atom is -0.465 e. The topological polar surface area (TPSA) is 71.3 Å². The number of rotatable bonds is 6. The van der Waals surface area contributed by atoms with E-state index in [0.29, 0.717) is 16.5 Å². The fourth-order valence-corrected chi connectivity index (χ4v) is 4.41. The Kier molecular flexibility index (Phi) is 4.64. The Morgan fingerprint density at radius 3 is 2.60 bits per heavy atom. The lowest BCUT2D eigenvalue weighted by molar-refractivity contribution is 0.475. The molecule has 20 heavy (non-hydrogen) atoms. The third kappa shape index (κ3) is 3.49. The van der Waals surface area contributed by atoms with Gasteiger partial charge >= 0.3 is 0 Å². The minimum absolute atomic E-state index is 0.161. The molecule has 2 rings (SSSR count). The van der Waals surface area contributed by atoms with E-state index < -0.39 is 10.0 Å². The summed E-state index contributed by atoms with van der Waals surface area (Å²) in [5.74, 6) is 1.37. The molecule has 0 atom stereocenters. The maximum absolute atomic E-state index is 12.2. The van der Waals surface area contributed by atoms with Gasteiger partial charge in [0.1, 0.15) is 15.7 Å². The second kappa shape index (κ2) is 6.09. The summed E-state index contributed by atoms with van der Waals surface area (Å²) in [6, 6.07) is 5.28. The summed E-state index contributed by atoms with van der Waals surface area (Å²) in [4.78, 5) is 1.03. The predicted octanol–water partition coefficient (Wildman–Crippen LogP) is 2.16. The maximum atomic E-state index is 12.2. The van der Waals surface area contributed by atoms with Crippen LogP contribution >= 0.6 is 11.3 Å². The van der Waals surface area contributed by atoms with Crippen molar-refractivity contribution < 1.29 is 12.8 Å². The van der Waals surface area contributed by atoms with Crippen molar-refractivity contribution in [2.45, 2.75) is 31.1 Å². The largest absolute Gasteiger partial charge is 0.465 e. The van der Waals surface area contributed by atoms with E-state index in [0.717, 1.165) is 16.2 Å². The molecular formula is C13H18N2O3S2. The zero-order valence-electron chi connectivity index (χ0n) is 11.7. The molecule has 0 saturated heterocycles. The molecule has 0 spiro atoms. The molecular weight excluding hydrogens is 296 g/mol. The van der Waals surface area contributed by atoms with Crippen molar-refractivity contribution in [1.29, 1.82) is 0 Å². The van der Waals surface area contributed by atoms with Gasteiger partial charge in [-0.1, -0.05) is 0 Å². The zero-order valence-corrected chi connectivity index (χ0v) is 13.3. The Hall–Kier alpha value is -1.15. The standard InChI is InChI=1S/C13H18N2O3S2/c1-9-6-13(19-12(9)8-14-3)20(16,17)15-7-11-5-4-10(2)18-11/h4-6,14-15H,7-8H2,1-3H3. The summed E-state index contributed by atoms with van der Waals surface area (Å²) in [5.41, 5.74) is 0.985. The molecule has 0 aliphatic rings. The van der Waals surface area contributed by atoms with E-state index in [1.807, 2.05) is 27.0 Å². The number of hydrogen-bond acceptors (Lipinski definition) is 5. The first-order valence-electron chi connectivity index (χ1n) is 6.21. The number of thiophene rings is 1. The van der Waals surface area contributed by atoms with E-state index in [2.05, 4.69) is 10.0 Å². The molecule has 110 valence electrons. The van der Waals surface area contributed by atoms with Gasteiger partial charge in [0.2, 0.25) is 10.0 Å². The Labute approximate surface area is 123 Å². The van der Waals surface area contributed by atoms with E-state index in [1.54, 1.807) is 12.1 Å². The highest BCUT2D eigenvalue weighted by atomic mass is 32.2. The summed E-state index contributed by atoms with van der Waals surface area (Å²) in [5, 5.41) is 3.03. The lowest BCUT2D eigenvalue weighted by atomic mass is 10.3. The van der Waals surface area contributed by atoms with Gasteiger partial charge in [-0.05, 0) is 44.7 Å². The number of nitrogens with one attached hydrogen (secondary N) is 2. The molecule has 0 saturated carbocycles. The van der Waals surface area contributed by atoms with Crippen LogP contribution in [0.25, 0.3) is 0 Å². The minimum atomic E-state index is -3.49. The molecule has 2 aromatic rings. The molecule has 0 aliphatic heterocycles. The smallest absolute Gasteiger partial charge is 0.250 e. The van der Waals surface area contributed by atoms with Gasteiger partial charge in [0.05, 0.1) is 6.54 Å². The number of sulfonamides is 1. The number of aryl methyl sites for hydroxylation is 2. The van der Waals surface area contributed by atoms with E-state index in [4.69, 9.17) is 4.42 Å². The van der Waals surface area contributed by atoms with Crippen molar-refractivity contribution in [1.82, 2.24) is 10.0 Å². The fraction of sp³-hybridized carbons (Fsp3) is 0.385. The second-order valence-corrected chi connectivity index (χ2v) is 7.67. The van der Waals surface area contributed by atoms with Crippen molar-refractivity contribution in [3.05, 3.63) is 40.2 Å². The van der Waals surface area contributed by atoms with Crippen LogP contribution in [0.15, 0.2) is 26.8 Å². The summed E-state index contributed by atoms with van der Waals surface area (Å²) in [6.45, 7) is 4.57. The molecule has 0 aromatic carbocycles. The number of furan rings is 1. The van der Waals surface area contributed by atoms with E-state index in [9.17, 15) is 8.42 Å². The molecule has 0 aliphatic carbocycles. The highest BCUT2D eigenvalue weighted by Gasteiger charge is 2.19. The van der Waals surface area contributed by atoms with Crippen molar-refractivity contribution in [3.8, 4) is 0 Å². The highest BCUT2D eigenvalue weighted by Crippen LogP contribution is 2.26. The van der Waals surface area contributed by atoms with Gasteiger partial charge in [-0.15, -0.1) is 11.3 Å². The number of hydrogen-bond donors (Lipinski definition) is 2. The maximum Gasteiger partial charge on any atom is 0.250 e. The van der Waals surface area contributed by atoms with Crippen LogP contribution in [0.2, 0.25) is 0 Å². The first kappa shape index (κ1) is 15.2. The summed E-state index contributed by atoms with van der Waals surface area (Å²) in [6.07, 6.45) is 0. The Morgan fingerprint density at radius 1 is 1.25 bits per heavy atom. The van der Waals surface area contributed by atoms with Crippen LogP contribution in [0.1, 0.15) is 22.0 Å². The first-order valence-corrected chi connectivity index (χ1v) is 8.51. The Bertz CT molecular complexity index is 686. The van der Waals surface area contributed by atoms with Gasteiger partial charge in [0, 0.05) is 11.4 Å². The van der Waals surface area contributed by atoms with Crippen LogP contribution in [-0.2, 0) is 23.1 Å². The van der Waals surface area contributed by atoms with Crippen molar-refractivity contribution in [2.75, 3.05) is 7.05 Å². The van der Waals surface area contributed by atoms with Gasteiger partial charge in [-0.3, -0.25) is 0 Å². The van der Waals surface area contributed by atoms with Crippen molar-refractivity contribution >= 4 is 21.4 Å². The van der Waals surface area contributed by atoms with Crippen molar-refractivity contribution in [2.24, 2.45) is 0 Å². The third-order valence-corrected chi connectivity index (χ3v) is 5.94. The highest BCUT2D eigenvalue weighted by molar-refractivity contribution is 7.91. The van der Waals surface area contributed by atoms with Crippen molar-refractivity contribution in [3.63, 3.8) is 0 Å². The summed E-state index contributed by atoms with van der Waals surface area (Å²) < 4.78 is 32.7. The van der Waals surface area contributed by atoms with Crippen LogP contribution in [0.4, 0.5) is 0 Å². The van der Waals surface area contributed by atoms with Crippen LogP contribution < -0.4 is 10.0 Å². The lowest BCUT2D eigenvalue weighted by Crippen LogP contribution is -2.22. The zero-order chi connectivity index (χ0) is 14.8. The molecule has 0 bridgehead atoms. The van der Waals surface area contributed by atoms with Crippen LogP contribution in [0.5, 0.6) is 0 Å². The average molecular weight is 314 g/mol. The summed E-state index contributed by atoms with van der Waals surface area (Å²) in [7, 11) is -1.65. The molecule has 0 amide bonds. The van der Waals surface area contributed by atoms with E-state index in [-0.39, 0.29) is 6.54 Å². The Balaban J connectivity index is 2.11. The molecule has 0 unspecified atom stereocenters. The first-order chi connectivity index (χ1) is 9.42. The van der Waals surface area contributed by atoms with E-state index >= 15 is 0 Å². The molecule has 7 heteroatoms.